The van der Waals surface area contributed by atoms with Gasteiger partial charge in [-0.25, -0.2) is 0 Å². The second kappa shape index (κ2) is 4.89. The van der Waals surface area contributed by atoms with Gasteiger partial charge in [0.25, 0.3) is 0 Å². The Morgan fingerprint density at radius 1 is 0.913 bits per heavy atom. The Morgan fingerprint density at radius 3 is 2.22 bits per heavy atom. The molecular weight excluding hydrogens is 304 g/mol. The molecule has 4 aliphatic heterocycles. The highest BCUT2D eigenvalue weighted by Gasteiger charge is 2.61. The van der Waals surface area contributed by atoms with Crippen molar-refractivity contribution in [3.8, 4) is 0 Å². The Labute approximate surface area is 135 Å². The number of carbonyl (C=O) groups is 1. The molecule has 23 heavy (non-hydrogen) atoms. The zero-order chi connectivity index (χ0) is 16.5. The molecule has 0 aliphatic carbocycles. The first kappa shape index (κ1) is 15.8. The van der Waals surface area contributed by atoms with Crippen LogP contribution in [0.3, 0.4) is 0 Å². The van der Waals surface area contributed by atoms with Crippen LogP contribution in [0.15, 0.2) is 0 Å². The summed E-state index contributed by atoms with van der Waals surface area (Å²) in [5.41, 5.74) is 0. The second-order valence-corrected chi connectivity index (χ2v) is 7.68. The molecule has 4 rings (SSSR count). The Morgan fingerprint density at radius 2 is 1.61 bits per heavy atom. The van der Waals surface area contributed by atoms with Gasteiger partial charge >= 0.3 is 5.97 Å². The summed E-state index contributed by atoms with van der Waals surface area (Å²) >= 11 is 0. The summed E-state index contributed by atoms with van der Waals surface area (Å²) < 4.78 is 35.4. The van der Waals surface area contributed by atoms with E-state index in [1.165, 1.54) is 0 Å². The summed E-state index contributed by atoms with van der Waals surface area (Å²) in [4.78, 5) is 11.5. The summed E-state index contributed by atoms with van der Waals surface area (Å²) in [6.45, 7) is 7.95. The monoisotopic (exact) mass is 328 g/mol. The van der Waals surface area contributed by atoms with Crippen LogP contribution in [-0.2, 0) is 33.2 Å². The molecule has 0 aromatic carbocycles. The van der Waals surface area contributed by atoms with Gasteiger partial charge in [-0.2, -0.15) is 0 Å². The Hall–Kier alpha value is -0.730. The molecule has 0 N–H and O–H groups in total. The molecule has 0 aromatic heterocycles. The zero-order valence-electron chi connectivity index (χ0n) is 14.0. The van der Waals surface area contributed by atoms with Gasteiger partial charge in [-0.1, -0.05) is 0 Å². The number of esters is 1. The average molecular weight is 328 g/mol. The van der Waals surface area contributed by atoms with Crippen molar-refractivity contribution in [3.63, 3.8) is 0 Å². The third kappa shape index (κ3) is 2.78. The van der Waals surface area contributed by atoms with Crippen molar-refractivity contribution in [1.82, 2.24) is 0 Å². The Kier molecular flexibility index (Phi) is 3.36. The van der Waals surface area contributed by atoms with E-state index < -0.39 is 17.4 Å². The highest BCUT2D eigenvalue weighted by molar-refractivity contribution is 5.72. The first-order valence-electron chi connectivity index (χ1n) is 8.24. The Bertz CT molecular complexity index is 517. The van der Waals surface area contributed by atoms with Crippen LogP contribution in [0.25, 0.3) is 0 Å². The lowest BCUT2D eigenvalue weighted by Crippen LogP contribution is -2.57. The van der Waals surface area contributed by atoms with Crippen LogP contribution in [0.1, 0.15) is 47.0 Å². The normalized spacial score (nSPS) is 47.7. The van der Waals surface area contributed by atoms with E-state index in [0.29, 0.717) is 25.9 Å². The van der Waals surface area contributed by atoms with Crippen molar-refractivity contribution in [2.24, 2.45) is 0 Å². The number of carbonyl (C=O) groups excluding carboxylic acids is 1. The highest BCUT2D eigenvalue weighted by Crippen LogP contribution is 2.47. The SMILES string of the molecule is CC1(C)O[C@H]([C@H]2COC(C)(C)O2)[C@@H]2O[C@]3(CCC(=O)O3)C[C@@H]2O1. The molecule has 4 fully saturated rings. The molecule has 5 atom stereocenters. The van der Waals surface area contributed by atoms with Crippen LogP contribution >= 0.6 is 0 Å². The molecule has 0 bridgehead atoms. The van der Waals surface area contributed by atoms with E-state index in [0.717, 1.165) is 0 Å². The van der Waals surface area contributed by atoms with Gasteiger partial charge in [-0.3, -0.25) is 4.79 Å². The summed E-state index contributed by atoms with van der Waals surface area (Å²) in [5, 5.41) is 0. The first-order chi connectivity index (χ1) is 10.7. The average Bonchev–Trinajstić information content (AvgIpc) is 3.06. The highest BCUT2D eigenvalue weighted by atomic mass is 16.8. The molecule has 0 saturated carbocycles. The van der Waals surface area contributed by atoms with E-state index in [-0.39, 0.29) is 30.4 Å². The van der Waals surface area contributed by atoms with Gasteiger partial charge in [0.2, 0.25) is 5.79 Å². The first-order valence-corrected chi connectivity index (χ1v) is 8.24. The zero-order valence-corrected chi connectivity index (χ0v) is 14.0. The maximum absolute atomic E-state index is 11.5. The molecular formula is C16H24O7. The van der Waals surface area contributed by atoms with Gasteiger partial charge in [-0.15, -0.1) is 0 Å². The molecule has 130 valence electrons. The van der Waals surface area contributed by atoms with Crippen molar-refractivity contribution in [2.45, 2.75) is 88.7 Å². The maximum Gasteiger partial charge on any atom is 0.308 e. The predicted octanol–water partition coefficient (Wildman–Crippen LogP) is 1.48. The van der Waals surface area contributed by atoms with Crippen LogP contribution in [0.5, 0.6) is 0 Å². The lowest BCUT2D eigenvalue weighted by Gasteiger charge is -2.44. The van der Waals surface area contributed by atoms with Crippen molar-refractivity contribution in [3.05, 3.63) is 0 Å². The topological polar surface area (TPSA) is 72.5 Å². The lowest BCUT2D eigenvalue weighted by molar-refractivity contribution is -0.343. The van der Waals surface area contributed by atoms with E-state index in [9.17, 15) is 4.79 Å². The van der Waals surface area contributed by atoms with Crippen LogP contribution in [0.4, 0.5) is 0 Å². The van der Waals surface area contributed by atoms with Gasteiger partial charge in [0.15, 0.2) is 11.6 Å². The quantitative estimate of drug-likeness (QED) is 0.675. The molecule has 0 unspecified atom stereocenters. The summed E-state index contributed by atoms with van der Waals surface area (Å²) in [5.74, 6) is -2.48. The third-order valence-corrected chi connectivity index (χ3v) is 4.82. The van der Waals surface area contributed by atoms with Gasteiger partial charge in [0.05, 0.1) is 19.1 Å². The molecule has 7 heteroatoms. The molecule has 0 aromatic rings. The lowest BCUT2D eigenvalue weighted by atomic mass is 9.98. The van der Waals surface area contributed by atoms with E-state index in [1.54, 1.807) is 0 Å². The van der Waals surface area contributed by atoms with Gasteiger partial charge in [0, 0.05) is 12.8 Å². The third-order valence-electron chi connectivity index (χ3n) is 4.82. The van der Waals surface area contributed by atoms with Crippen molar-refractivity contribution in [2.75, 3.05) is 6.61 Å². The number of rotatable bonds is 1. The molecule has 4 aliphatic rings. The fourth-order valence-electron chi connectivity index (χ4n) is 3.96. The number of ether oxygens (including phenoxy) is 6. The molecule has 4 heterocycles. The number of hydrogen-bond donors (Lipinski definition) is 0. The van der Waals surface area contributed by atoms with E-state index in [2.05, 4.69) is 0 Å². The molecule has 7 nitrogen and oxygen atoms in total. The van der Waals surface area contributed by atoms with Crippen molar-refractivity contribution in [1.29, 1.82) is 0 Å². The standard InChI is InChI=1S/C16H24O7/c1-14(2)18-8-10(20-14)13-12-9(19-15(3,4)22-13)7-16(23-12)6-5-11(17)21-16/h9-10,12-13H,5-8H2,1-4H3/t9-,10+,12+,13+,16+/m0/s1. The van der Waals surface area contributed by atoms with Crippen LogP contribution in [0.2, 0.25) is 0 Å². The summed E-state index contributed by atoms with van der Waals surface area (Å²) in [6.07, 6.45) is 0.368. The fraction of sp³-hybridized carbons (Fsp3) is 0.938. The van der Waals surface area contributed by atoms with Crippen molar-refractivity contribution >= 4 is 5.97 Å². The minimum absolute atomic E-state index is 0.193. The van der Waals surface area contributed by atoms with Gasteiger partial charge < -0.3 is 28.4 Å². The van der Waals surface area contributed by atoms with E-state index in [4.69, 9.17) is 28.4 Å². The van der Waals surface area contributed by atoms with Crippen LogP contribution in [-0.4, -0.2) is 54.4 Å². The number of hydrogen-bond acceptors (Lipinski definition) is 7. The minimum Gasteiger partial charge on any atom is -0.433 e. The molecule has 4 saturated heterocycles. The largest absolute Gasteiger partial charge is 0.433 e. The summed E-state index contributed by atoms with van der Waals surface area (Å²) in [6, 6.07) is 0. The minimum atomic E-state index is -0.872. The van der Waals surface area contributed by atoms with E-state index in [1.807, 2.05) is 27.7 Å². The second-order valence-electron chi connectivity index (χ2n) is 7.68. The van der Waals surface area contributed by atoms with Crippen LogP contribution in [0, 0.1) is 0 Å². The van der Waals surface area contributed by atoms with Crippen LogP contribution < -0.4 is 0 Å². The smallest absolute Gasteiger partial charge is 0.308 e. The predicted molar refractivity (Wildman–Crippen MR) is 76.3 cm³/mol. The van der Waals surface area contributed by atoms with Crippen molar-refractivity contribution < 1.29 is 33.2 Å². The molecule has 1 spiro atoms. The fourth-order valence-corrected chi connectivity index (χ4v) is 3.96. The summed E-state index contributed by atoms with van der Waals surface area (Å²) in [7, 11) is 0. The Balaban J connectivity index is 1.57. The van der Waals surface area contributed by atoms with E-state index >= 15 is 0 Å². The van der Waals surface area contributed by atoms with Gasteiger partial charge in [-0.05, 0) is 27.7 Å². The molecule has 0 amide bonds. The number of fused-ring (bicyclic) bond motifs is 1. The molecule has 0 radical (unpaired) electrons. The van der Waals surface area contributed by atoms with Gasteiger partial charge in [0.1, 0.15) is 18.3 Å². The maximum atomic E-state index is 11.5.